The summed E-state index contributed by atoms with van der Waals surface area (Å²) in [7, 11) is 3.03. The summed E-state index contributed by atoms with van der Waals surface area (Å²) in [6.07, 6.45) is 3.26. The van der Waals surface area contributed by atoms with E-state index in [0.29, 0.717) is 22.6 Å². The largest absolute Gasteiger partial charge is 0.497 e. The number of methoxy groups -OCH3 is 2. The van der Waals surface area contributed by atoms with Crippen LogP contribution in [-0.2, 0) is 16.1 Å². The second kappa shape index (κ2) is 9.24. The lowest BCUT2D eigenvalue weighted by Gasteiger charge is -2.28. The Kier molecular flexibility index (Phi) is 6.22. The molecule has 0 N–H and O–H groups in total. The van der Waals surface area contributed by atoms with Gasteiger partial charge in [0, 0.05) is 30.1 Å². The molecule has 7 heteroatoms. The normalized spacial score (nSPS) is 17.8. The first-order valence-corrected chi connectivity index (χ1v) is 10.5. The van der Waals surface area contributed by atoms with Gasteiger partial charge >= 0.3 is 0 Å². The molecule has 2 atom stereocenters. The number of likely N-dealkylation sites (tertiary alicyclic amines) is 1. The van der Waals surface area contributed by atoms with E-state index in [9.17, 15) is 14.4 Å². The van der Waals surface area contributed by atoms with Crippen molar-refractivity contribution in [2.24, 2.45) is 5.92 Å². The van der Waals surface area contributed by atoms with E-state index in [1.54, 1.807) is 48.8 Å². The van der Waals surface area contributed by atoms with Gasteiger partial charge in [-0.25, -0.2) is 0 Å². The summed E-state index contributed by atoms with van der Waals surface area (Å²) in [5, 5.41) is 0. The minimum Gasteiger partial charge on any atom is -0.497 e. The van der Waals surface area contributed by atoms with E-state index in [0.717, 1.165) is 11.1 Å². The van der Waals surface area contributed by atoms with E-state index in [2.05, 4.69) is 4.98 Å². The Labute approximate surface area is 192 Å². The zero-order chi connectivity index (χ0) is 23.5. The highest BCUT2D eigenvalue weighted by Crippen LogP contribution is 2.43. The summed E-state index contributed by atoms with van der Waals surface area (Å²) in [5.74, 6) is -2.07. The van der Waals surface area contributed by atoms with Crippen LogP contribution in [0.2, 0.25) is 0 Å². The molecule has 2 heterocycles. The first-order chi connectivity index (χ1) is 15.9. The van der Waals surface area contributed by atoms with Crippen molar-refractivity contribution in [2.75, 3.05) is 14.2 Å². The molecule has 1 saturated heterocycles. The quantitative estimate of drug-likeness (QED) is 0.315. The molecular weight excluding hydrogens is 420 g/mol. The van der Waals surface area contributed by atoms with Gasteiger partial charge in [0.15, 0.2) is 5.78 Å². The molecule has 0 aliphatic carbocycles. The van der Waals surface area contributed by atoms with Crippen LogP contribution in [0.5, 0.6) is 11.5 Å². The fourth-order valence-electron chi connectivity index (χ4n) is 4.16. The standard InChI is InChI=1S/C26H24N2O5/c1-16-6-8-18(9-7-16)24(29)22-23(20-13-19(32-2)10-11-21(20)33-3)28(26(31)25(22)30)15-17-5-4-12-27-14-17/h4-14,22-23H,15H2,1-3H3. The van der Waals surface area contributed by atoms with Crippen molar-refractivity contribution >= 4 is 17.5 Å². The van der Waals surface area contributed by atoms with Crippen LogP contribution in [0.25, 0.3) is 0 Å². The smallest absolute Gasteiger partial charge is 0.291 e. The molecule has 0 bridgehead atoms. The predicted octanol–water partition coefficient (Wildman–Crippen LogP) is 3.56. The zero-order valence-corrected chi connectivity index (χ0v) is 18.6. The first-order valence-electron chi connectivity index (χ1n) is 10.5. The molecule has 4 rings (SSSR count). The maximum absolute atomic E-state index is 13.6. The van der Waals surface area contributed by atoms with Gasteiger partial charge in [-0.15, -0.1) is 0 Å². The minimum absolute atomic E-state index is 0.126. The number of carbonyl (C=O) groups excluding carboxylic acids is 3. The van der Waals surface area contributed by atoms with Crippen molar-refractivity contribution in [3.63, 3.8) is 0 Å². The average molecular weight is 444 g/mol. The Morgan fingerprint density at radius 2 is 1.79 bits per heavy atom. The molecule has 7 nitrogen and oxygen atoms in total. The van der Waals surface area contributed by atoms with Gasteiger partial charge in [-0.2, -0.15) is 0 Å². The fourth-order valence-corrected chi connectivity index (χ4v) is 4.16. The maximum atomic E-state index is 13.6. The molecule has 1 aromatic heterocycles. The highest BCUT2D eigenvalue weighted by molar-refractivity contribution is 6.44. The summed E-state index contributed by atoms with van der Waals surface area (Å²) in [4.78, 5) is 45.5. The van der Waals surface area contributed by atoms with Crippen LogP contribution in [-0.4, -0.2) is 41.6 Å². The molecule has 1 aliphatic rings. The highest BCUT2D eigenvalue weighted by Gasteiger charge is 2.52. The molecule has 168 valence electrons. The molecule has 1 fully saturated rings. The maximum Gasteiger partial charge on any atom is 0.291 e. The van der Waals surface area contributed by atoms with Gasteiger partial charge < -0.3 is 14.4 Å². The van der Waals surface area contributed by atoms with Crippen LogP contribution in [0, 0.1) is 12.8 Å². The van der Waals surface area contributed by atoms with Crippen molar-refractivity contribution in [3.05, 3.63) is 89.2 Å². The van der Waals surface area contributed by atoms with Crippen molar-refractivity contribution < 1.29 is 23.9 Å². The van der Waals surface area contributed by atoms with Gasteiger partial charge in [0.05, 0.1) is 20.3 Å². The summed E-state index contributed by atoms with van der Waals surface area (Å²) in [6, 6.07) is 14.8. The third kappa shape index (κ3) is 4.22. The van der Waals surface area contributed by atoms with E-state index >= 15 is 0 Å². The van der Waals surface area contributed by atoms with Crippen molar-refractivity contribution in [2.45, 2.75) is 19.5 Å². The number of pyridine rings is 1. The topological polar surface area (TPSA) is 85.8 Å². The van der Waals surface area contributed by atoms with E-state index < -0.39 is 29.4 Å². The summed E-state index contributed by atoms with van der Waals surface area (Å²) < 4.78 is 10.9. The van der Waals surface area contributed by atoms with E-state index in [1.165, 1.54) is 19.1 Å². The van der Waals surface area contributed by atoms with Crippen LogP contribution in [0.4, 0.5) is 0 Å². The third-order valence-corrected chi connectivity index (χ3v) is 5.86. The lowest BCUT2D eigenvalue weighted by molar-refractivity contribution is -0.141. The first kappa shape index (κ1) is 22.2. The molecule has 0 saturated carbocycles. The number of ether oxygens (including phenoxy) is 2. The Morgan fingerprint density at radius 1 is 1.03 bits per heavy atom. The molecule has 0 spiro atoms. The van der Waals surface area contributed by atoms with Crippen molar-refractivity contribution in [3.8, 4) is 11.5 Å². The summed E-state index contributed by atoms with van der Waals surface area (Å²) in [6.45, 7) is 2.04. The van der Waals surface area contributed by atoms with Gasteiger partial charge in [-0.1, -0.05) is 35.9 Å². The second-order valence-electron chi connectivity index (χ2n) is 7.92. The third-order valence-electron chi connectivity index (χ3n) is 5.86. The van der Waals surface area contributed by atoms with Crippen molar-refractivity contribution in [1.82, 2.24) is 9.88 Å². The molecule has 33 heavy (non-hydrogen) atoms. The van der Waals surface area contributed by atoms with Crippen LogP contribution in [0.1, 0.15) is 33.1 Å². The number of nitrogens with zero attached hydrogens (tertiary/aromatic N) is 2. The number of Topliss-reactive ketones (excluding diaryl/α,β-unsaturated/α-hetero) is 2. The number of aromatic nitrogens is 1. The van der Waals surface area contributed by atoms with E-state index in [4.69, 9.17) is 9.47 Å². The fraction of sp³-hybridized carbons (Fsp3) is 0.231. The van der Waals surface area contributed by atoms with Crippen LogP contribution < -0.4 is 9.47 Å². The number of hydrogen-bond acceptors (Lipinski definition) is 6. The average Bonchev–Trinajstić information content (AvgIpc) is 3.09. The Bertz CT molecular complexity index is 1190. The molecule has 0 radical (unpaired) electrons. The van der Waals surface area contributed by atoms with E-state index in [1.807, 2.05) is 25.1 Å². The molecule has 3 aromatic rings. The monoisotopic (exact) mass is 444 g/mol. The lowest BCUT2D eigenvalue weighted by Crippen LogP contribution is -2.30. The van der Waals surface area contributed by atoms with E-state index in [-0.39, 0.29) is 6.54 Å². The van der Waals surface area contributed by atoms with Crippen LogP contribution >= 0.6 is 0 Å². The Hall–Kier alpha value is -4.00. The minimum atomic E-state index is -1.21. The molecule has 1 aliphatic heterocycles. The zero-order valence-electron chi connectivity index (χ0n) is 18.6. The molecular formula is C26H24N2O5. The number of rotatable bonds is 7. The highest BCUT2D eigenvalue weighted by atomic mass is 16.5. The van der Waals surface area contributed by atoms with Gasteiger partial charge in [0.2, 0.25) is 5.78 Å². The second-order valence-corrected chi connectivity index (χ2v) is 7.92. The van der Waals surface area contributed by atoms with Gasteiger partial charge in [0.25, 0.3) is 5.91 Å². The number of hydrogen-bond donors (Lipinski definition) is 0. The van der Waals surface area contributed by atoms with Crippen LogP contribution in [0.15, 0.2) is 67.0 Å². The van der Waals surface area contributed by atoms with Gasteiger partial charge in [-0.3, -0.25) is 19.4 Å². The molecule has 1 amide bonds. The lowest BCUT2D eigenvalue weighted by atomic mass is 9.85. The summed E-state index contributed by atoms with van der Waals surface area (Å²) in [5.41, 5.74) is 2.64. The SMILES string of the molecule is COc1ccc(OC)c(C2C(C(=O)c3ccc(C)cc3)C(=O)C(=O)N2Cc2cccnc2)c1. The van der Waals surface area contributed by atoms with Gasteiger partial charge in [-0.05, 0) is 36.8 Å². The number of ketones is 2. The number of benzene rings is 2. The molecule has 2 unspecified atom stereocenters. The number of aryl methyl sites for hydroxylation is 1. The van der Waals surface area contributed by atoms with Gasteiger partial charge in [0.1, 0.15) is 17.4 Å². The molecule has 2 aromatic carbocycles. The van der Waals surface area contributed by atoms with Crippen LogP contribution in [0.3, 0.4) is 0 Å². The Morgan fingerprint density at radius 3 is 2.42 bits per heavy atom. The Balaban J connectivity index is 1.85. The summed E-state index contributed by atoms with van der Waals surface area (Å²) >= 11 is 0. The number of carbonyl (C=O) groups is 3. The number of amides is 1. The predicted molar refractivity (Wildman–Crippen MR) is 121 cm³/mol. The van der Waals surface area contributed by atoms with Crippen molar-refractivity contribution in [1.29, 1.82) is 0 Å².